The average molecular weight is 313 g/mol. The molecule has 0 aliphatic carbocycles. The van der Waals surface area contributed by atoms with E-state index in [0.717, 1.165) is 0 Å². The molecule has 0 heterocycles. The summed E-state index contributed by atoms with van der Waals surface area (Å²) < 4.78 is 27.5. The number of carboxylic acids is 1. The fraction of sp³-hybridized carbons (Fsp3) is 0.533. The number of benzene rings is 1. The molecule has 1 aromatic carbocycles. The molecule has 2 N–H and O–H groups in total. The Labute approximate surface area is 126 Å². The van der Waals surface area contributed by atoms with E-state index in [1.807, 2.05) is 27.7 Å². The number of nitrogens with one attached hydrogen (secondary N) is 1. The van der Waals surface area contributed by atoms with Crippen molar-refractivity contribution < 1.29 is 18.3 Å². The van der Waals surface area contributed by atoms with Crippen LogP contribution in [0.4, 0.5) is 0 Å². The van der Waals surface area contributed by atoms with E-state index in [9.17, 15) is 18.3 Å². The van der Waals surface area contributed by atoms with Crippen molar-refractivity contribution in [2.75, 3.05) is 0 Å². The highest BCUT2D eigenvalue weighted by Gasteiger charge is 2.28. The number of aryl methyl sites for hydroxylation is 1. The van der Waals surface area contributed by atoms with Gasteiger partial charge in [-0.15, -0.1) is 0 Å². The van der Waals surface area contributed by atoms with Crippen LogP contribution in [0.5, 0.6) is 0 Å². The van der Waals surface area contributed by atoms with Crippen LogP contribution in [0.2, 0.25) is 0 Å². The van der Waals surface area contributed by atoms with E-state index >= 15 is 0 Å². The third-order valence-electron chi connectivity index (χ3n) is 3.94. The van der Waals surface area contributed by atoms with Gasteiger partial charge in [0.25, 0.3) is 0 Å². The summed E-state index contributed by atoms with van der Waals surface area (Å²) in [5.41, 5.74) is 0.122. The first-order chi connectivity index (χ1) is 9.69. The molecule has 1 rings (SSSR count). The van der Waals surface area contributed by atoms with Crippen molar-refractivity contribution in [3.63, 3.8) is 0 Å². The van der Waals surface area contributed by atoms with Crippen LogP contribution in [0.1, 0.15) is 56.5 Å². The Morgan fingerprint density at radius 3 is 2.24 bits per heavy atom. The minimum absolute atomic E-state index is 0.00905. The molecule has 0 saturated carbocycles. The molecule has 5 nitrogen and oxygen atoms in total. The van der Waals surface area contributed by atoms with Crippen molar-refractivity contribution >= 4 is 16.0 Å². The highest BCUT2D eigenvalue weighted by molar-refractivity contribution is 7.89. The number of carboxylic acid groups (broad SMARTS) is 1. The van der Waals surface area contributed by atoms with Gasteiger partial charge >= 0.3 is 5.97 Å². The van der Waals surface area contributed by atoms with Crippen LogP contribution in [0, 0.1) is 0 Å². The van der Waals surface area contributed by atoms with E-state index in [1.165, 1.54) is 12.1 Å². The van der Waals surface area contributed by atoms with E-state index < -0.39 is 21.5 Å². The van der Waals surface area contributed by atoms with E-state index in [0.29, 0.717) is 24.8 Å². The molecule has 0 saturated heterocycles. The number of hydrogen-bond acceptors (Lipinski definition) is 3. The summed E-state index contributed by atoms with van der Waals surface area (Å²) in [5, 5.41) is 9.20. The predicted octanol–water partition coefficient (Wildman–Crippen LogP) is 2.80. The topological polar surface area (TPSA) is 83.5 Å². The normalized spacial score (nSPS) is 12.4. The Hall–Kier alpha value is -1.40. The minimum Gasteiger partial charge on any atom is -0.478 e. The number of aromatic carboxylic acids is 1. The summed E-state index contributed by atoms with van der Waals surface area (Å²) in [6.07, 6.45) is 1.85. The lowest BCUT2D eigenvalue weighted by Crippen LogP contribution is -2.44. The Morgan fingerprint density at radius 2 is 1.81 bits per heavy atom. The van der Waals surface area contributed by atoms with Crippen LogP contribution in [0.3, 0.4) is 0 Å². The third-order valence-corrected chi connectivity index (χ3v) is 5.58. The molecular formula is C15H23NO4S. The highest BCUT2D eigenvalue weighted by atomic mass is 32.2. The summed E-state index contributed by atoms with van der Waals surface area (Å²) in [5.74, 6) is -1.11. The van der Waals surface area contributed by atoms with Crippen molar-refractivity contribution in [3.8, 4) is 0 Å². The van der Waals surface area contributed by atoms with Crippen LogP contribution < -0.4 is 4.72 Å². The predicted molar refractivity (Wildman–Crippen MR) is 82.1 cm³/mol. The molecule has 0 fully saturated rings. The highest BCUT2D eigenvalue weighted by Crippen LogP contribution is 2.21. The number of rotatable bonds is 7. The molecule has 0 bridgehead atoms. The maximum absolute atomic E-state index is 12.4. The molecule has 0 aliphatic heterocycles. The first-order valence-electron chi connectivity index (χ1n) is 7.09. The second-order valence-electron chi connectivity index (χ2n) is 5.35. The molecule has 0 atom stereocenters. The van der Waals surface area contributed by atoms with Gasteiger partial charge in [-0.25, -0.2) is 17.9 Å². The van der Waals surface area contributed by atoms with E-state index in [4.69, 9.17) is 0 Å². The zero-order valence-corrected chi connectivity index (χ0v) is 13.8. The smallest absolute Gasteiger partial charge is 0.336 e. The number of carbonyl (C=O) groups is 1. The molecule has 0 aromatic heterocycles. The van der Waals surface area contributed by atoms with Crippen LogP contribution in [0.15, 0.2) is 23.1 Å². The Bertz CT molecular complexity index is 619. The van der Waals surface area contributed by atoms with Gasteiger partial charge in [-0.05, 0) is 43.9 Å². The molecule has 0 aliphatic rings. The third kappa shape index (κ3) is 4.04. The van der Waals surface area contributed by atoms with Gasteiger partial charge in [-0.1, -0.05) is 26.8 Å². The van der Waals surface area contributed by atoms with Crippen molar-refractivity contribution in [1.29, 1.82) is 0 Å². The first kappa shape index (κ1) is 17.7. The Balaban J connectivity index is 3.27. The Morgan fingerprint density at radius 1 is 1.24 bits per heavy atom. The van der Waals surface area contributed by atoms with Gasteiger partial charge in [-0.2, -0.15) is 0 Å². The van der Waals surface area contributed by atoms with Gasteiger partial charge < -0.3 is 5.11 Å². The molecule has 118 valence electrons. The average Bonchev–Trinajstić information content (AvgIpc) is 2.45. The Kier molecular flexibility index (Phi) is 5.53. The number of sulfonamides is 1. The molecule has 21 heavy (non-hydrogen) atoms. The molecular weight excluding hydrogens is 290 g/mol. The first-order valence-corrected chi connectivity index (χ1v) is 8.57. The summed E-state index contributed by atoms with van der Waals surface area (Å²) in [6, 6.07) is 4.25. The zero-order chi connectivity index (χ0) is 16.3. The maximum atomic E-state index is 12.4. The minimum atomic E-state index is -3.74. The second-order valence-corrected chi connectivity index (χ2v) is 7.03. The zero-order valence-electron chi connectivity index (χ0n) is 12.9. The summed E-state index contributed by atoms with van der Waals surface area (Å²) >= 11 is 0. The lowest BCUT2D eigenvalue weighted by Gasteiger charge is -2.27. The molecule has 6 heteroatoms. The van der Waals surface area contributed by atoms with Gasteiger partial charge in [0.2, 0.25) is 10.0 Å². The second kappa shape index (κ2) is 6.58. The summed E-state index contributed by atoms with van der Waals surface area (Å²) in [4.78, 5) is 11.2. The van der Waals surface area contributed by atoms with Gasteiger partial charge in [0, 0.05) is 5.54 Å². The lowest BCUT2D eigenvalue weighted by atomic mass is 9.98. The van der Waals surface area contributed by atoms with Crippen LogP contribution in [-0.2, 0) is 16.4 Å². The lowest BCUT2D eigenvalue weighted by molar-refractivity contribution is 0.0695. The van der Waals surface area contributed by atoms with Crippen molar-refractivity contribution in [2.45, 2.75) is 57.4 Å². The van der Waals surface area contributed by atoms with Crippen LogP contribution in [0.25, 0.3) is 0 Å². The molecule has 1 aromatic rings. The molecule has 0 amide bonds. The SMILES string of the molecule is CCc1ccc(S(=O)(=O)NC(C)(CC)CC)cc1C(=O)O. The van der Waals surface area contributed by atoms with Crippen LogP contribution >= 0.6 is 0 Å². The fourth-order valence-electron chi connectivity index (χ4n) is 2.01. The van der Waals surface area contributed by atoms with Crippen LogP contribution in [-0.4, -0.2) is 25.0 Å². The molecule has 0 spiro atoms. The fourth-order valence-corrected chi connectivity index (χ4v) is 3.58. The monoisotopic (exact) mass is 313 g/mol. The van der Waals surface area contributed by atoms with Gasteiger partial charge in [0.05, 0.1) is 10.5 Å². The van der Waals surface area contributed by atoms with Crippen molar-refractivity contribution in [2.24, 2.45) is 0 Å². The van der Waals surface area contributed by atoms with E-state index in [2.05, 4.69) is 4.72 Å². The maximum Gasteiger partial charge on any atom is 0.336 e. The standard InChI is InChI=1S/C15H23NO4S/c1-5-11-8-9-12(10-13(11)14(17)18)21(19,20)16-15(4,6-2)7-3/h8-10,16H,5-7H2,1-4H3,(H,17,18). The largest absolute Gasteiger partial charge is 0.478 e. The number of hydrogen-bond donors (Lipinski definition) is 2. The summed E-state index contributed by atoms with van der Waals surface area (Å²) in [7, 11) is -3.74. The quantitative estimate of drug-likeness (QED) is 0.811. The van der Waals surface area contributed by atoms with Gasteiger partial charge in [0.1, 0.15) is 0 Å². The molecule has 0 radical (unpaired) electrons. The van der Waals surface area contributed by atoms with E-state index in [-0.39, 0.29) is 10.5 Å². The van der Waals surface area contributed by atoms with E-state index in [1.54, 1.807) is 6.07 Å². The van der Waals surface area contributed by atoms with Crippen molar-refractivity contribution in [1.82, 2.24) is 4.72 Å². The van der Waals surface area contributed by atoms with Gasteiger partial charge in [0.15, 0.2) is 0 Å². The summed E-state index contributed by atoms with van der Waals surface area (Å²) in [6.45, 7) is 7.49. The van der Waals surface area contributed by atoms with Gasteiger partial charge in [-0.3, -0.25) is 0 Å². The van der Waals surface area contributed by atoms with Crippen molar-refractivity contribution in [3.05, 3.63) is 29.3 Å². The molecule has 0 unspecified atom stereocenters.